The van der Waals surface area contributed by atoms with Crippen LogP contribution in [0.25, 0.3) is 0 Å². The Hall–Kier alpha value is -1.17. The molecule has 1 amide bonds. The minimum absolute atomic E-state index is 0.0125. The summed E-state index contributed by atoms with van der Waals surface area (Å²) in [5.74, 6) is -0.329. The fraction of sp³-hybridized carbons (Fsp3) is 0.462. The van der Waals surface area contributed by atoms with Gasteiger partial charge in [-0.2, -0.15) is 8.78 Å². The van der Waals surface area contributed by atoms with Crippen LogP contribution in [0.3, 0.4) is 0 Å². The number of carbonyl (C=O) groups is 1. The number of benzene rings is 1. The first-order valence-corrected chi connectivity index (χ1v) is 6.80. The minimum atomic E-state index is -2.90. The Bertz CT molecular complexity index is 427. The van der Waals surface area contributed by atoms with E-state index in [4.69, 9.17) is 0 Å². The normalized spacial score (nSPS) is 14.0. The molecule has 1 rings (SSSR count). The second-order valence-corrected chi connectivity index (χ2v) is 5.86. The van der Waals surface area contributed by atoms with Gasteiger partial charge in [0.25, 0.3) is 5.91 Å². The van der Waals surface area contributed by atoms with Crippen molar-refractivity contribution >= 4 is 21.8 Å². The monoisotopic (exact) mass is 335 g/mol. The molecule has 1 aromatic carbocycles. The summed E-state index contributed by atoms with van der Waals surface area (Å²) in [4.78, 5) is 12.2. The van der Waals surface area contributed by atoms with Gasteiger partial charge in [0, 0.05) is 16.4 Å². The van der Waals surface area contributed by atoms with Crippen LogP contribution in [0.15, 0.2) is 24.3 Å². The number of amides is 1. The number of hydrogen-bond acceptors (Lipinski definition) is 2. The third kappa shape index (κ3) is 6.00. The van der Waals surface area contributed by atoms with E-state index in [-0.39, 0.29) is 22.5 Å². The lowest BCUT2D eigenvalue weighted by Crippen LogP contribution is -2.33. The molecule has 0 bridgehead atoms. The highest BCUT2D eigenvalue weighted by molar-refractivity contribution is 9.09. The standard InChI is InChI=1S/C13H16BrF2NO2/c1-8(14)6-9(2)17-12(18)10-4-3-5-11(7-10)19-13(15)16/h3-5,7-9,13H,6H2,1-2H3,(H,17,18). The van der Waals surface area contributed by atoms with Crippen LogP contribution in [0.2, 0.25) is 0 Å². The van der Waals surface area contributed by atoms with Crippen molar-refractivity contribution in [3.8, 4) is 5.75 Å². The summed E-state index contributed by atoms with van der Waals surface area (Å²) in [6.07, 6.45) is 0.777. The average molecular weight is 336 g/mol. The molecule has 2 unspecified atom stereocenters. The summed E-state index contributed by atoms with van der Waals surface area (Å²) < 4.78 is 28.4. The molecule has 2 atom stereocenters. The third-order valence-electron chi connectivity index (χ3n) is 2.38. The van der Waals surface area contributed by atoms with E-state index in [0.717, 1.165) is 6.42 Å². The van der Waals surface area contributed by atoms with Crippen molar-refractivity contribution < 1.29 is 18.3 Å². The van der Waals surface area contributed by atoms with Gasteiger partial charge in [-0.25, -0.2) is 0 Å². The van der Waals surface area contributed by atoms with E-state index in [1.807, 2.05) is 13.8 Å². The molecule has 0 aromatic heterocycles. The Morgan fingerprint density at radius 2 is 2.11 bits per heavy atom. The molecule has 106 valence electrons. The summed E-state index contributed by atoms with van der Waals surface area (Å²) in [6, 6.07) is 5.72. The van der Waals surface area contributed by atoms with Gasteiger partial charge >= 0.3 is 6.61 Å². The summed E-state index contributed by atoms with van der Waals surface area (Å²) in [7, 11) is 0. The molecule has 1 aromatic rings. The van der Waals surface area contributed by atoms with Gasteiger partial charge in [0.1, 0.15) is 5.75 Å². The molecular weight excluding hydrogens is 320 g/mol. The Labute approximate surface area is 119 Å². The maximum absolute atomic E-state index is 12.1. The van der Waals surface area contributed by atoms with E-state index in [1.54, 1.807) is 6.07 Å². The zero-order chi connectivity index (χ0) is 14.4. The van der Waals surface area contributed by atoms with Gasteiger partial charge in [0.15, 0.2) is 0 Å². The Morgan fingerprint density at radius 1 is 1.42 bits per heavy atom. The molecule has 0 aliphatic rings. The first kappa shape index (κ1) is 15.9. The SMILES string of the molecule is CC(Br)CC(C)NC(=O)c1cccc(OC(F)F)c1. The van der Waals surface area contributed by atoms with E-state index in [0.29, 0.717) is 5.56 Å². The molecule has 6 heteroatoms. The molecule has 0 aliphatic heterocycles. The molecule has 0 saturated heterocycles. The molecule has 0 radical (unpaired) electrons. The molecule has 1 N–H and O–H groups in total. The minimum Gasteiger partial charge on any atom is -0.435 e. The molecule has 0 spiro atoms. The molecule has 0 saturated carbocycles. The van der Waals surface area contributed by atoms with E-state index < -0.39 is 6.61 Å². The van der Waals surface area contributed by atoms with Crippen LogP contribution >= 0.6 is 15.9 Å². The van der Waals surface area contributed by atoms with Gasteiger partial charge in [-0.1, -0.05) is 28.9 Å². The van der Waals surface area contributed by atoms with Gasteiger partial charge in [-0.3, -0.25) is 4.79 Å². The molecule has 0 aliphatic carbocycles. The number of alkyl halides is 3. The summed E-state index contributed by atoms with van der Waals surface area (Å²) >= 11 is 3.41. The van der Waals surface area contributed by atoms with E-state index in [2.05, 4.69) is 26.0 Å². The number of halogens is 3. The molecule has 0 heterocycles. The Balaban J connectivity index is 2.66. The van der Waals surface area contributed by atoms with Gasteiger partial charge in [0.05, 0.1) is 0 Å². The van der Waals surface area contributed by atoms with E-state index in [1.165, 1.54) is 18.2 Å². The zero-order valence-corrected chi connectivity index (χ0v) is 12.3. The smallest absolute Gasteiger partial charge is 0.387 e. The van der Waals surface area contributed by atoms with Crippen molar-refractivity contribution in [2.24, 2.45) is 0 Å². The topological polar surface area (TPSA) is 38.3 Å². The number of carbonyl (C=O) groups excluding carboxylic acids is 1. The van der Waals surface area contributed by atoms with Crippen LogP contribution in [0.4, 0.5) is 8.78 Å². The van der Waals surface area contributed by atoms with Crippen LogP contribution in [-0.4, -0.2) is 23.4 Å². The summed E-state index contributed by atoms with van der Waals surface area (Å²) in [6.45, 7) is 0.973. The van der Waals surface area contributed by atoms with Crippen molar-refractivity contribution in [2.45, 2.75) is 37.7 Å². The van der Waals surface area contributed by atoms with Crippen molar-refractivity contribution in [2.75, 3.05) is 0 Å². The van der Waals surface area contributed by atoms with E-state index >= 15 is 0 Å². The lowest BCUT2D eigenvalue weighted by atomic mass is 10.1. The highest BCUT2D eigenvalue weighted by Crippen LogP contribution is 2.16. The van der Waals surface area contributed by atoms with Crippen molar-refractivity contribution in [1.82, 2.24) is 5.32 Å². The first-order chi connectivity index (χ1) is 8.88. The number of ether oxygens (including phenoxy) is 1. The van der Waals surface area contributed by atoms with Crippen LogP contribution in [-0.2, 0) is 0 Å². The van der Waals surface area contributed by atoms with Crippen LogP contribution in [0.1, 0.15) is 30.6 Å². The van der Waals surface area contributed by atoms with Crippen LogP contribution < -0.4 is 10.1 Å². The average Bonchev–Trinajstić information content (AvgIpc) is 2.27. The largest absolute Gasteiger partial charge is 0.435 e. The van der Waals surface area contributed by atoms with Crippen molar-refractivity contribution in [3.63, 3.8) is 0 Å². The maximum atomic E-state index is 12.1. The Morgan fingerprint density at radius 3 is 2.68 bits per heavy atom. The summed E-state index contributed by atoms with van der Waals surface area (Å²) in [5, 5.41) is 2.80. The lowest BCUT2D eigenvalue weighted by molar-refractivity contribution is -0.0498. The van der Waals surface area contributed by atoms with Crippen molar-refractivity contribution in [3.05, 3.63) is 29.8 Å². The predicted octanol–water partition coefficient (Wildman–Crippen LogP) is 3.58. The number of rotatable bonds is 6. The molecule has 3 nitrogen and oxygen atoms in total. The summed E-state index contributed by atoms with van der Waals surface area (Å²) in [5.41, 5.74) is 0.298. The fourth-order valence-electron chi connectivity index (χ4n) is 1.67. The Kier molecular flexibility index (Phi) is 6.21. The second-order valence-electron chi connectivity index (χ2n) is 4.30. The quantitative estimate of drug-likeness (QED) is 0.807. The maximum Gasteiger partial charge on any atom is 0.387 e. The van der Waals surface area contributed by atoms with Crippen LogP contribution in [0, 0.1) is 0 Å². The number of nitrogens with one attached hydrogen (secondary N) is 1. The van der Waals surface area contributed by atoms with Crippen LogP contribution in [0.5, 0.6) is 5.75 Å². The van der Waals surface area contributed by atoms with Gasteiger partial charge in [-0.15, -0.1) is 0 Å². The fourth-order valence-corrected chi connectivity index (χ4v) is 2.23. The van der Waals surface area contributed by atoms with E-state index in [9.17, 15) is 13.6 Å². The molecule has 0 fully saturated rings. The van der Waals surface area contributed by atoms with Gasteiger partial charge in [-0.05, 0) is 31.5 Å². The molecular formula is C13H16BrF2NO2. The lowest BCUT2D eigenvalue weighted by Gasteiger charge is -2.15. The molecule has 19 heavy (non-hydrogen) atoms. The third-order valence-corrected chi connectivity index (χ3v) is 2.75. The van der Waals surface area contributed by atoms with Crippen molar-refractivity contribution in [1.29, 1.82) is 0 Å². The predicted molar refractivity (Wildman–Crippen MR) is 73.0 cm³/mol. The second kappa shape index (κ2) is 7.43. The zero-order valence-electron chi connectivity index (χ0n) is 10.7. The highest BCUT2D eigenvalue weighted by atomic mass is 79.9. The van der Waals surface area contributed by atoms with Gasteiger partial charge < -0.3 is 10.1 Å². The highest BCUT2D eigenvalue weighted by Gasteiger charge is 2.13. The number of hydrogen-bond donors (Lipinski definition) is 1. The first-order valence-electron chi connectivity index (χ1n) is 5.88. The van der Waals surface area contributed by atoms with Gasteiger partial charge in [0.2, 0.25) is 0 Å².